The van der Waals surface area contributed by atoms with Gasteiger partial charge in [0.15, 0.2) is 0 Å². The number of anilines is 1. The van der Waals surface area contributed by atoms with Crippen molar-refractivity contribution in [3.8, 4) is 0 Å². The predicted octanol–water partition coefficient (Wildman–Crippen LogP) is 3.83. The zero-order chi connectivity index (χ0) is 21.9. The van der Waals surface area contributed by atoms with Gasteiger partial charge >= 0.3 is 0 Å². The number of halogens is 1. The lowest BCUT2D eigenvalue weighted by molar-refractivity contribution is -0.117. The number of benzene rings is 1. The van der Waals surface area contributed by atoms with Gasteiger partial charge in [-0.15, -0.1) is 0 Å². The summed E-state index contributed by atoms with van der Waals surface area (Å²) in [6.07, 6.45) is 1.67. The number of nitrogens with zero attached hydrogens (tertiary/aromatic N) is 1. The molecule has 0 radical (unpaired) electrons. The zero-order valence-corrected chi connectivity index (χ0v) is 17.8. The van der Waals surface area contributed by atoms with E-state index >= 15 is 0 Å². The van der Waals surface area contributed by atoms with Crippen LogP contribution in [0.4, 0.5) is 10.1 Å². The van der Waals surface area contributed by atoms with Crippen LogP contribution in [0.25, 0.3) is 0 Å². The van der Waals surface area contributed by atoms with Crippen molar-refractivity contribution in [1.82, 2.24) is 9.88 Å². The Kier molecular flexibility index (Phi) is 6.95. The molecule has 0 saturated heterocycles. The Balaban J connectivity index is 2.31. The molecule has 0 aliphatic heterocycles. The summed E-state index contributed by atoms with van der Waals surface area (Å²) in [7, 11) is 1.65. The number of ketones is 1. The normalized spacial score (nSPS) is 11.8. The number of carbonyl (C=O) groups excluding carboxylic acids is 3. The van der Waals surface area contributed by atoms with Crippen LogP contribution in [0.3, 0.4) is 0 Å². The van der Waals surface area contributed by atoms with E-state index in [2.05, 4.69) is 10.6 Å². The van der Waals surface area contributed by atoms with Crippen LogP contribution in [0, 0.1) is 26.6 Å². The SMILES string of the molecule is CCC[C@@H](C)NC(=O)C(=O)c1c(C)c(C(=O)Nc2ccc(F)c(C)c2)c(C)n1C. The highest BCUT2D eigenvalue weighted by molar-refractivity contribution is 6.43. The fourth-order valence-corrected chi connectivity index (χ4v) is 3.45. The number of nitrogens with one attached hydrogen (secondary N) is 2. The van der Waals surface area contributed by atoms with Crippen LogP contribution in [-0.4, -0.2) is 28.2 Å². The van der Waals surface area contributed by atoms with Gasteiger partial charge in [-0.1, -0.05) is 13.3 Å². The number of hydrogen-bond donors (Lipinski definition) is 2. The average Bonchev–Trinajstić information content (AvgIpc) is 2.86. The first-order valence-electron chi connectivity index (χ1n) is 9.67. The molecule has 0 aliphatic carbocycles. The van der Waals surface area contributed by atoms with Crippen LogP contribution in [0.5, 0.6) is 0 Å². The number of aromatic nitrogens is 1. The predicted molar refractivity (Wildman–Crippen MR) is 111 cm³/mol. The van der Waals surface area contributed by atoms with Gasteiger partial charge in [-0.25, -0.2) is 4.39 Å². The van der Waals surface area contributed by atoms with Gasteiger partial charge < -0.3 is 15.2 Å². The van der Waals surface area contributed by atoms with Gasteiger partial charge in [0.05, 0.1) is 11.3 Å². The molecule has 0 saturated carbocycles. The first-order valence-corrected chi connectivity index (χ1v) is 9.67. The fourth-order valence-electron chi connectivity index (χ4n) is 3.45. The standard InChI is InChI=1S/C22H28FN3O3/c1-7-8-13(3)24-22(29)20(27)19-14(4)18(15(5)26(19)6)21(28)25-16-9-10-17(23)12(2)11-16/h9-11,13H,7-8H2,1-6H3,(H,24,29)(H,25,28)/t13-/m1/s1. The molecule has 0 unspecified atom stereocenters. The molecule has 2 N–H and O–H groups in total. The van der Waals surface area contributed by atoms with Gasteiger partial charge in [0.2, 0.25) is 0 Å². The maximum absolute atomic E-state index is 13.5. The molecule has 29 heavy (non-hydrogen) atoms. The van der Waals surface area contributed by atoms with E-state index in [1.54, 1.807) is 32.4 Å². The third-order valence-corrected chi connectivity index (χ3v) is 5.09. The van der Waals surface area contributed by atoms with Gasteiger partial charge in [0.1, 0.15) is 5.82 Å². The molecule has 7 heteroatoms. The fraction of sp³-hybridized carbons (Fsp3) is 0.409. The van der Waals surface area contributed by atoms with Crippen molar-refractivity contribution < 1.29 is 18.8 Å². The van der Waals surface area contributed by atoms with Crippen molar-refractivity contribution in [2.24, 2.45) is 7.05 Å². The van der Waals surface area contributed by atoms with E-state index in [0.717, 1.165) is 12.8 Å². The summed E-state index contributed by atoms with van der Waals surface area (Å²) in [6.45, 7) is 8.82. The van der Waals surface area contributed by atoms with Gasteiger partial charge in [0.25, 0.3) is 17.6 Å². The van der Waals surface area contributed by atoms with Crippen LogP contribution in [0.1, 0.15) is 64.4 Å². The van der Waals surface area contributed by atoms with Gasteiger partial charge in [0, 0.05) is 24.5 Å². The molecule has 6 nitrogen and oxygen atoms in total. The molecule has 1 atom stereocenters. The molecular weight excluding hydrogens is 373 g/mol. The Morgan fingerprint density at radius 3 is 2.41 bits per heavy atom. The smallest absolute Gasteiger partial charge is 0.294 e. The number of aryl methyl sites for hydroxylation is 1. The van der Waals surface area contributed by atoms with Gasteiger partial charge in [-0.05, 0) is 63.4 Å². The Bertz CT molecular complexity index is 963. The second-order valence-electron chi connectivity index (χ2n) is 7.40. The molecule has 1 aromatic heterocycles. The molecule has 2 rings (SSSR count). The lowest BCUT2D eigenvalue weighted by atomic mass is 10.1. The minimum Gasteiger partial charge on any atom is -0.347 e. The van der Waals surface area contributed by atoms with Gasteiger partial charge in [-0.2, -0.15) is 0 Å². The third kappa shape index (κ3) is 4.72. The number of carbonyl (C=O) groups is 3. The Morgan fingerprint density at radius 2 is 1.83 bits per heavy atom. The number of amides is 2. The summed E-state index contributed by atoms with van der Waals surface area (Å²) in [5.41, 5.74) is 2.38. The molecule has 0 fully saturated rings. The van der Waals surface area contributed by atoms with Crippen molar-refractivity contribution in [2.75, 3.05) is 5.32 Å². The van der Waals surface area contributed by atoms with Crippen molar-refractivity contribution in [3.63, 3.8) is 0 Å². The van der Waals surface area contributed by atoms with Crippen molar-refractivity contribution >= 4 is 23.3 Å². The highest BCUT2D eigenvalue weighted by Crippen LogP contribution is 2.24. The van der Waals surface area contributed by atoms with E-state index in [-0.39, 0.29) is 17.6 Å². The van der Waals surface area contributed by atoms with Gasteiger partial charge in [-0.3, -0.25) is 14.4 Å². The maximum atomic E-state index is 13.5. The number of rotatable bonds is 7. The number of hydrogen-bond acceptors (Lipinski definition) is 3. The van der Waals surface area contributed by atoms with Crippen LogP contribution in [0.15, 0.2) is 18.2 Å². The lowest BCUT2D eigenvalue weighted by Crippen LogP contribution is -2.38. The van der Waals surface area contributed by atoms with Crippen LogP contribution >= 0.6 is 0 Å². The summed E-state index contributed by atoms with van der Waals surface area (Å²) < 4.78 is 15.0. The first kappa shape index (κ1) is 22.3. The third-order valence-electron chi connectivity index (χ3n) is 5.09. The first-order chi connectivity index (χ1) is 13.6. The van der Waals surface area contributed by atoms with Crippen LogP contribution in [0.2, 0.25) is 0 Å². The minimum absolute atomic E-state index is 0.109. The molecule has 0 bridgehead atoms. The summed E-state index contributed by atoms with van der Waals surface area (Å²) >= 11 is 0. The Morgan fingerprint density at radius 1 is 1.17 bits per heavy atom. The second kappa shape index (κ2) is 9.03. The molecule has 2 amide bonds. The molecule has 0 spiro atoms. The molecular formula is C22H28FN3O3. The topological polar surface area (TPSA) is 80.2 Å². The van der Waals surface area contributed by atoms with E-state index in [4.69, 9.17) is 0 Å². The minimum atomic E-state index is -0.684. The second-order valence-corrected chi connectivity index (χ2v) is 7.40. The van der Waals surface area contributed by atoms with Crippen molar-refractivity contribution in [3.05, 3.63) is 52.1 Å². The van der Waals surface area contributed by atoms with Crippen molar-refractivity contribution in [2.45, 2.75) is 53.5 Å². The highest BCUT2D eigenvalue weighted by Gasteiger charge is 2.29. The summed E-state index contributed by atoms with van der Waals surface area (Å²) in [4.78, 5) is 38.0. The number of Topliss-reactive ketones (excluding diaryl/α,β-unsaturated/α-hetero) is 1. The van der Waals surface area contributed by atoms with Crippen LogP contribution in [-0.2, 0) is 11.8 Å². The van der Waals surface area contributed by atoms with E-state index in [0.29, 0.717) is 28.1 Å². The van der Waals surface area contributed by atoms with Crippen LogP contribution < -0.4 is 10.6 Å². The molecule has 2 aromatic rings. The largest absolute Gasteiger partial charge is 0.347 e. The monoisotopic (exact) mass is 401 g/mol. The summed E-state index contributed by atoms with van der Waals surface area (Å²) in [5.74, 6) is -2.13. The average molecular weight is 401 g/mol. The van der Waals surface area contributed by atoms with E-state index in [1.165, 1.54) is 18.2 Å². The Labute approximate surface area is 170 Å². The van der Waals surface area contributed by atoms with E-state index < -0.39 is 17.6 Å². The summed E-state index contributed by atoms with van der Waals surface area (Å²) in [6, 6.07) is 4.19. The maximum Gasteiger partial charge on any atom is 0.294 e. The highest BCUT2D eigenvalue weighted by atomic mass is 19.1. The van der Waals surface area contributed by atoms with E-state index in [9.17, 15) is 18.8 Å². The summed E-state index contributed by atoms with van der Waals surface area (Å²) in [5, 5.41) is 5.44. The zero-order valence-electron chi connectivity index (χ0n) is 17.8. The molecule has 156 valence electrons. The molecule has 1 aromatic carbocycles. The quantitative estimate of drug-likeness (QED) is 0.547. The Hall–Kier alpha value is -2.96. The molecule has 1 heterocycles. The van der Waals surface area contributed by atoms with Crippen molar-refractivity contribution in [1.29, 1.82) is 0 Å². The van der Waals surface area contributed by atoms with E-state index in [1.807, 2.05) is 13.8 Å². The lowest BCUT2D eigenvalue weighted by Gasteiger charge is -2.12. The molecule has 0 aliphatic rings.